The van der Waals surface area contributed by atoms with Crippen molar-refractivity contribution in [1.29, 1.82) is 0 Å². The lowest BCUT2D eigenvalue weighted by atomic mass is 9.70. The van der Waals surface area contributed by atoms with Crippen LogP contribution in [0.25, 0.3) is 22.3 Å². The number of rotatable bonds is 4. The summed E-state index contributed by atoms with van der Waals surface area (Å²) in [6.45, 7) is 0. The fourth-order valence-corrected chi connectivity index (χ4v) is 11.7. The lowest BCUT2D eigenvalue weighted by Gasteiger charge is -2.41. The minimum Gasteiger partial charge on any atom is -0.306 e. The van der Waals surface area contributed by atoms with Crippen molar-refractivity contribution in [3.63, 3.8) is 0 Å². The van der Waals surface area contributed by atoms with E-state index < -0.39 is 5.41 Å². The molecule has 0 N–H and O–H groups in total. The van der Waals surface area contributed by atoms with E-state index in [1.54, 1.807) is 0 Å². The molecular weight excluding hydrogens is 789 g/mol. The van der Waals surface area contributed by atoms with Crippen molar-refractivity contribution in [2.75, 3.05) is 19.6 Å². The fraction of sp³-hybridized carbons (Fsp3) is 0.0164. The highest BCUT2D eigenvalue weighted by molar-refractivity contribution is 6.10. The summed E-state index contributed by atoms with van der Waals surface area (Å²) in [6, 6.07) is 89.3. The summed E-state index contributed by atoms with van der Waals surface area (Å²) in [5.41, 5.74) is 23.5. The fourth-order valence-electron chi connectivity index (χ4n) is 11.7. The summed E-state index contributed by atoms with van der Waals surface area (Å²) in [4.78, 5) is 9.83. The maximum absolute atomic E-state index is 2.51. The topological polar surface area (TPSA) is 13.0 Å². The van der Waals surface area contributed by atoms with E-state index in [1.165, 1.54) is 55.9 Å². The zero-order chi connectivity index (χ0) is 42.6. The normalized spacial score (nSPS) is 14.2. The predicted molar refractivity (Wildman–Crippen MR) is 269 cm³/mol. The van der Waals surface area contributed by atoms with Gasteiger partial charge in [0.15, 0.2) is 0 Å². The van der Waals surface area contributed by atoms with Gasteiger partial charge in [-0.25, -0.2) is 0 Å². The Kier molecular flexibility index (Phi) is 7.57. The average molecular weight is 829 g/mol. The third-order valence-electron chi connectivity index (χ3n) is 14.1. The Morgan fingerprint density at radius 2 is 0.462 bits per heavy atom. The Balaban J connectivity index is 1.02. The molecule has 4 heteroatoms. The number of para-hydroxylation sites is 10. The molecule has 4 aliphatic rings. The molecule has 4 nitrogen and oxygen atoms in total. The van der Waals surface area contributed by atoms with Gasteiger partial charge >= 0.3 is 0 Å². The molecule has 2 heterocycles. The van der Waals surface area contributed by atoms with Crippen LogP contribution in [0, 0.1) is 0 Å². The van der Waals surface area contributed by atoms with Crippen LogP contribution in [-0.2, 0) is 5.41 Å². The van der Waals surface area contributed by atoms with Crippen LogP contribution in [0.2, 0.25) is 0 Å². The first kappa shape index (κ1) is 35.9. The first-order chi connectivity index (χ1) is 32.3. The first-order valence-corrected chi connectivity index (χ1v) is 22.5. The van der Waals surface area contributed by atoms with Crippen LogP contribution in [0.4, 0.5) is 68.2 Å². The van der Waals surface area contributed by atoms with E-state index in [1.807, 2.05) is 0 Å². The largest absolute Gasteiger partial charge is 0.306 e. The second-order valence-corrected chi connectivity index (χ2v) is 17.2. The Morgan fingerprint density at radius 3 is 0.815 bits per heavy atom. The zero-order valence-electron chi connectivity index (χ0n) is 35.4. The smallest absolute Gasteiger partial charge is 0.0727 e. The average Bonchev–Trinajstić information content (AvgIpc) is 3.86. The van der Waals surface area contributed by atoms with Crippen LogP contribution in [-0.4, -0.2) is 0 Å². The van der Waals surface area contributed by atoms with Crippen molar-refractivity contribution >= 4 is 68.2 Å². The van der Waals surface area contributed by atoms with Gasteiger partial charge in [0.1, 0.15) is 0 Å². The van der Waals surface area contributed by atoms with E-state index in [4.69, 9.17) is 0 Å². The molecule has 0 aromatic heterocycles. The molecule has 0 saturated heterocycles. The standard InChI is InChI=1S/C61H40N4/c1-3-21-41(22-4-1)62-49-31-11-15-35-53(49)64(54-36-16-12-32-50(54)62)57-39-19-29-47-59(57)43-25-7-9-27-45(43)61(47)46-28-10-8-26-44(46)60-48(61)30-20-40-58(60)65-55-37-17-13-33-51(55)63(42-23-5-2-6-24-42)52-34-14-18-38-56(52)65/h1-40H. The molecule has 2 aliphatic carbocycles. The highest BCUT2D eigenvalue weighted by Gasteiger charge is 2.54. The van der Waals surface area contributed by atoms with Crippen molar-refractivity contribution in [1.82, 2.24) is 0 Å². The van der Waals surface area contributed by atoms with Gasteiger partial charge in [-0.3, -0.25) is 0 Å². The van der Waals surface area contributed by atoms with E-state index in [9.17, 15) is 0 Å². The van der Waals surface area contributed by atoms with Crippen LogP contribution < -0.4 is 19.6 Å². The number of nitrogens with zero attached hydrogens (tertiary/aromatic N) is 4. The summed E-state index contributed by atoms with van der Waals surface area (Å²) >= 11 is 0. The van der Waals surface area contributed by atoms with Gasteiger partial charge in [0.05, 0.1) is 62.3 Å². The van der Waals surface area contributed by atoms with Gasteiger partial charge in [-0.2, -0.15) is 0 Å². The highest BCUT2D eigenvalue weighted by atomic mass is 15.3. The van der Waals surface area contributed by atoms with Crippen molar-refractivity contribution in [3.8, 4) is 22.3 Å². The molecule has 0 amide bonds. The van der Waals surface area contributed by atoms with Gasteiger partial charge in [0.2, 0.25) is 0 Å². The number of benzene rings is 10. The van der Waals surface area contributed by atoms with Crippen LogP contribution >= 0.6 is 0 Å². The van der Waals surface area contributed by atoms with Crippen molar-refractivity contribution in [2.24, 2.45) is 0 Å². The Bertz CT molecular complexity index is 3210. The summed E-state index contributed by atoms with van der Waals surface area (Å²) < 4.78 is 0. The Labute approximate surface area is 378 Å². The number of fused-ring (bicyclic) bond motifs is 14. The maximum atomic E-state index is 2.51. The summed E-state index contributed by atoms with van der Waals surface area (Å²) in [5, 5.41) is 0. The van der Waals surface area contributed by atoms with Gasteiger partial charge in [0, 0.05) is 22.5 Å². The van der Waals surface area contributed by atoms with Crippen LogP contribution in [0.5, 0.6) is 0 Å². The molecule has 2 aliphatic heterocycles. The molecule has 10 aromatic rings. The summed E-state index contributed by atoms with van der Waals surface area (Å²) in [5.74, 6) is 0. The molecule has 304 valence electrons. The minimum atomic E-state index is -0.570. The molecule has 0 radical (unpaired) electrons. The summed E-state index contributed by atoms with van der Waals surface area (Å²) in [7, 11) is 0. The lowest BCUT2D eigenvalue weighted by Crippen LogP contribution is -2.27. The highest BCUT2D eigenvalue weighted by Crippen LogP contribution is 2.68. The quantitative estimate of drug-likeness (QED) is 0.175. The zero-order valence-corrected chi connectivity index (χ0v) is 35.4. The second-order valence-electron chi connectivity index (χ2n) is 17.2. The van der Waals surface area contributed by atoms with Crippen LogP contribution in [0.3, 0.4) is 0 Å². The molecule has 10 aromatic carbocycles. The monoisotopic (exact) mass is 828 g/mol. The van der Waals surface area contributed by atoms with E-state index in [0.717, 1.165) is 56.9 Å². The lowest BCUT2D eigenvalue weighted by molar-refractivity contribution is 0.793. The van der Waals surface area contributed by atoms with E-state index in [-0.39, 0.29) is 0 Å². The molecule has 14 rings (SSSR count). The molecule has 65 heavy (non-hydrogen) atoms. The number of hydrogen-bond donors (Lipinski definition) is 0. The van der Waals surface area contributed by atoms with Crippen LogP contribution in [0.15, 0.2) is 243 Å². The van der Waals surface area contributed by atoms with E-state index in [0.29, 0.717) is 0 Å². The van der Waals surface area contributed by atoms with Gasteiger partial charge in [-0.05, 0) is 118 Å². The van der Waals surface area contributed by atoms with Gasteiger partial charge < -0.3 is 19.6 Å². The molecule has 0 bridgehead atoms. The minimum absolute atomic E-state index is 0.570. The first-order valence-electron chi connectivity index (χ1n) is 22.5. The Morgan fingerprint density at radius 1 is 0.200 bits per heavy atom. The molecule has 1 spiro atoms. The molecule has 0 fully saturated rings. The number of anilines is 12. The van der Waals surface area contributed by atoms with Crippen molar-refractivity contribution in [2.45, 2.75) is 5.41 Å². The van der Waals surface area contributed by atoms with Crippen LogP contribution in [0.1, 0.15) is 22.3 Å². The van der Waals surface area contributed by atoms with E-state index >= 15 is 0 Å². The predicted octanol–water partition coefficient (Wildman–Crippen LogP) is 16.5. The molecule has 0 atom stereocenters. The SMILES string of the molecule is c1ccc(N2c3ccccc3N(c3cccc4c3-c3ccccc3C43c4ccccc4-c4c(N5c6ccccc6N(c6ccccc6)c6ccccc65)cccc43)c3ccccc32)cc1. The molecule has 0 saturated carbocycles. The molecule has 0 unspecified atom stereocenters. The van der Waals surface area contributed by atoms with Gasteiger partial charge in [-0.15, -0.1) is 0 Å². The van der Waals surface area contributed by atoms with Crippen molar-refractivity contribution in [3.05, 3.63) is 265 Å². The number of hydrogen-bond acceptors (Lipinski definition) is 4. The van der Waals surface area contributed by atoms with Gasteiger partial charge in [0.25, 0.3) is 0 Å². The second kappa shape index (κ2) is 13.7. The third-order valence-corrected chi connectivity index (χ3v) is 14.1. The van der Waals surface area contributed by atoms with Gasteiger partial charge in [-0.1, -0.05) is 158 Å². The maximum Gasteiger partial charge on any atom is 0.0727 e. The van der Waals surface area contributed by atoms with E-state index in [2.05, 4.69) is 262 Å². The Hall–Kier alpha value is -8.60. The third kappa shape index (κ3) is 4.80. The van der Waals surface area contributed by atoms with Crippen molar-refractivity contribution < 1.29 is 0 Å². The molecular formula is C61H40N4. The summed E-state index contributed by atoms with van der Waals surface area (Å²) in [6.07, 6.45) is 0.